The lowest BCUT2D eigenvalue weighted by atomic mass is 10.1. The summed E-state index contributed by atoms with van der Waals surface area (Å²) >= 11 is 0. The molecule has 0 fully saturated rings. The Bertz CT molecular complexity index is 580. The van der Waals surface area contributed by atoms with E-state index in [9.17, 15) is 13.9 Å². The molecule has 4 heteroatoms. The minimum Gasteiger partial charge on any atom is -0.508 e. The van der Waals surface area contributed by atoms with E-state index in [0.29, 0.717) is 5.56 Å². The van der Waals surface area contributed by atoms with E-state index >= 15 is 0 Å². The Labute approximate surface area is 109 Å². The van der Waals surface area contributed by atoms with Crippen LogP contribution in [-0.2, 0) is 0 Å². The fourth-order valence-electron chi connectivity index (χ4n) is 1.64. The van der Waals surface area contributed by atoms with Gasteiger partial charge in [-0.1, -0.05) is 42.5 Å². The Kier molecular flexibility index (Phi) is 4.13. The minimum absolute atomic E-state index is 0.119. The Hall–Kier alpha value is -2.36. The number of phenols is 1. The molecule has 2 aromatic rings. The zero-order valence-electron chi connectivity index (χ0n) is 9.96. The molecule has 0 radical (unpaired) electrons. The molecule has 0 bridgehead atoms. The van der Waals surface area contributed by atoms with E-state index < -0.39 is 6.61 Å². The van der Waals surface area contributed by atoms with Crippen molar-refractivity contribution < 1.29 is 18.6 Å². The third-order valence-corrected chi connectivity index (χ3v) is 2.46. The van der Waals surface area contributed by atoms with Gasteiger partial charge in [0.25, 0.3) is 0 Å². The number of ether oxygens (including phenoxy) is 1. The highest BCUT2D eigenvalue weighted by Crippen LogP contribution is 2.23. The molecule has 19 heavy (non-hydrogen) atoms. The molecule has 2 aromatic carbocycles. The molecule has 0 atom stereocenters. The highest BCUT2D eigenvalue weighted by Gasteiger charge is 2.06. The van der Waals surface area contributed by atoms with Gasteiger partial charge in [-0.3, -0.25) is 0 Å². The van der Waals surface area contributed by atoms with Crippen LogP contribution in [0.3, 0.4) is 0 Å². The van der Waals surface area contributed by atoms with Crippen LogP contribution in [0.25, 0.3) is 12.2 Å². The summed E-state index contributed by atoms with van der Waals surface area (Å²) in [6, 6.07) is 13.2. The van der Waals surface area contributed by atoms with Crippen LogP contribution in [-0.4, -0.2) is 11.7 Å². The van der Waals surface area contributed by atoms with Crippen LogP contribution in [0.15, 0.2) is 48.5 Å². The van der Waals surface area contributed by atoms with Gasteiger partial charge >= 0.3 is 6.61 Å². The van der Waals surface area contributed by atoms with E-state index in [2.05, 4.69) is 4.74 Å². The highest BCUT2D eigenvalue weighted by molar-refractivity contribution is 5.72. The van der Waals surface area contributed by atoms with Gasteiger partial charge < -0.3 is 9.84 Å². The third kappa shape index (κ3) is 3.81. The molecule has 0 amide bonds. The quantitative estimate of drug-likeness (QED) is 0.838. The number of rotatable bonds is 4. The van der Waals surface area contributed by atoms with Crippen molar-refractivity contribution in [2.45, 2.75) is 6.61 Å². The predicted octanol–water partition coefficient (Wildman–Crippen LogP) is 4.16. The molecule has 0 saturated carbocycles. The fraction of sp³-hybridized carbons (Fsp3) is 0.0667. The summed E-state index contributed by atoms with van der Waals surface area (Å²) in [5.41, 5.74) is 1.32. The fourth-order valence-corrected chi connectivity index (χ4v) is 1.64. The van der Waals surface area contributed by atoms with Crippen LogP contribution >= 0.6 is 0 Å². The van der Waals surface area contributed by atoms with E-state index in [1.54, 1.807) is 54.6 Å². The lowest BCUT2D eigenvalue weighted by Crippen LogP contribution is -2.02. The Morgan fingerprint density at radius 1 is 1.00 bits per heavy atom. The summed E-state index contributed by atoms with van der Waals surface area (Å²) in [4.78, 5) is 0. The first kappa shape index (κ1) is 13.1. The van der Waals surface area contributed by atoms with Crippen molar-refractivity contribution in [3.63, 3.8) is 0 Å². The first-order valence-electron chi connectivity index (χ1n) is 5.66. The number of aromatic hydroxyl groups is 1. The van der Waals surface area contributed by atoms with Gasteiger partial charge in [0.05, 0.1) is 0 Å². The van der Waals surface area contributed by atoms with E-state index in [1.165, 1.54) is 6.07 Å². The highest BCUT2D eigenvalue weighted by atomic mass is 19.3. The van der Waals surface area contributed by atoms with Crippen LogP contribution in [0.4, 0.5) is 8.78 Å². The lowest BCUT2D eigenvalue weighted by molar-refractivity contribution is -0.0499. The van der Waals surface area contributed by atoms with Crippen LogP contribution in [0.5, 0.6) is 11.5 Å². The molecule has 0 unspecified atom stereocenters. The maximum absolute atomic E-state index is 12.2. The molecule has 1 N–H and O–H groups in total. The average Bonchev–Trinajstić information content (AvgIpc) is 2.37. The van der Waals surface area contributed by atoms with Crippen molar-refractivity contribution in [3.05, 3.63) is 59.7 Å². The van der Waals surface area contributed by atoms with Crippen molar-refractivity contribution in [3.8, 4) is 11.5 Å². The van der Waals surface area contributed by atoms with Crippen LogP contribution in [0, 0.1) is 0 Å². The molecule has 0 spiro atoms. The van der Waals surface area contributed by atoms with E-state index in [0.717, 1.165) is 5.56 Å². The summed E-state index contributed by atoms with van der Waals surface area (Å²) in [7, 11) is 0. The summed E-state index contributed by atoms with van der Waals surface area (Å²) in [6.45, 7) is -2.85. The van der Waals surface area contributed by atoms with Gasteiger partial charge in [0, 0.05) is 5.56 Å². The summed E-state index contributed by atoms with van der Waals surface area (Å²) in [5.74, 6) is 0.271. The largest absolute Gasteiger partial charge is 0.508 e. The predicted molar refractivity (Wildman–Crippen MR) is 70.1 cm³/mol. The number of phenolic OH excluding ortho intramolecular Hbond substituents is 1. The van der Waals surface area contributed by atoms with Crippen LogP contribution < -0.4 is 4.74 Å². The molecule has 0 aliphatic rings. The smallest absolute Gasteiger partial charge is 0.387 e. The Morgan fingerprint density at radius 2 is 1.79 bits per heavy atom. The van der Waals surface area contributed by atoms with E-state index in [-0.39, 0.29) is 11.5 Å². The van der Waals surface area contributed by atoms with Gasteiger partial charge in [0.2, 0.25) is 0 Å². The third-order valence-electron chi connectivity index (χ3n) is 2.46. The van der Waals surface area contributed by atoms with Crippen molar-refractivity contribution in [2.75, 3.05) is 0 Å². The molecule has 0 heterocycles. The second kappa shape index (κ2) is 6.00. The standard InChI is InChI=1S/C15H12F2O2/c16-15(17)19-14-7-2-1-5-12(14)9-8-11-4-3-6-13(18)10-11/h1-10,15,18H. The normalized spacial score (nSPS) is 11.1. The molecule has 0 aliphatic carbocycles. The second-order valence-corrected chi connectivity index (χ2v) is 3.84. The Morgan fingerprint density at radius 3 is 2.53 bits per heavy atom. The first-order chi connectivity index (χ1) is 9.15. The van der Waals surface area contributed by atoms with Gasteiger partial charge in [-0.05, 0) is 23.8 Å². The second-order valence-electron chi connectivity index (χ2n) is 3.84. The van der Waals surface area contributed by atoms with Crippen molar-refractivity contribution in [1.82, 2.24) is 0 Å². The molecule has 0 aromatic heterocycles. The maximum Gasteiger partial charge on any atom is 0.387 e. The Balaban J connectivity index is 2.23. The van der Waals surface area contributed by atoms with E-state index in [4.69, 9.17) is 0 Å². The SMILES string of the molecule is Oc1cccc(C=Cc2ccccc2OC(F)F)c1. The summed E-state index contributed by atoms with van der Waals surface area (Å²) in [6.07, 6.45) is 3.37. The first-order valence-corrected chi connectivity index (χ1v) is 5.66. The molecule has 98 valence electrons. The molecule has 2 rings (SSSR count). The molecular formula is C15H12F2O2. The monoisotopic (exact) mass is 262 g/mol. The minimum atomic E-state index is -2.85. The number of hydrogen-bond donors (Lipinski definition) is 1. The molecule has 2 nitrogen and oxygen atoms in total. The molecule has 0 aliphatic heterocycles. The van der Waals surface area contributed by atoms with Gasteiger partial charge in [0.1, 0.15) is 11.5 Å². The topological polar surface area (TPSA) is 29.5 Å². The zero-order valence-corrected chi connectivity index (χ0v) is 9.96. The maximum atomic E-state index is 12.2. The number of hydrogen-bond acceptors (Lipinski definition) is 2. The number of alkyl halides is 2. The summed E-state index contributed by atoms with van der Waals surface area (Å²) < 4.78 is 28.9. The molecular weight excluding hydrogens is 250 g/mol. The average molecular weight is 262 g/mol. The number of para-hydroxylation sites is 1. The van der Waals surface area contributed by atoms with E-state index in [1.807, 2.05) is 0 Å². The number of halogens is 2. The van der Waals surface area contributed by atoms with Crippen molar-refractivity contribution in [2.24, 2.45) is 0 Å². The number of benzene rings is 2. The summed E-state index contributed by atoms with van der Waals surface area (Å²) in [5, 5.41) is 9.33. The van der Waals surface area contributed by atoms with Gasteiger partial charge in [-0.2, -0.15) is 8.78 Å². The van der Waals surface area contributed by atoms with Crippen molar-refractivity contribution in [1.29, 1.82) is 0 Å². The van der Waals surface area contributed by atoms with Gasteiger partial charge in [-0.15, -0.1) is 0 Å². The lowest BCUT2D eigenvalue weighted by Gasteiger charge is -2.07. The van der Waals surface area contributed by atoms with Crippen LogP contribution in [0.1, 0.15) is 11.1 Å². The van der Waals surface area contributed by atoms with Gasteiger partial charge in [-0.25, -0.2) is 0 Å². The van der Waals surface area contributed by atoms with Gasteiger partial charge in [0.15, 0.2) is 0 Å². The zero-order chi connectivity index (χ0) is 13.7. The molecule has 0 saturated heterocycles. The van der Waals surface area contributed by atoms with Crippen LogP contribution in [0.2, 0.25) is 0 Å². The van der Waals surface area contributed by atoms with Crippen molar-refractivity contribution >= 4 is 12.2 Å².